The van der Waals surface area contributed by atoms with Crippen molar-refractivity contribution < 1.29 is 0 Å². The minimum Gasteiger partial charge on any atom is -0.374 e. The van der Waals surface area contributed by atoms with Gasteiger partial charge in [0, 0.05) is 30.8 Å². The number of rotatable bonds is 4. The smallest absolute Gasteiger partial charge is 0.0410 e. The van der Waals surface area contributed by atoms with E-state index in [0.29, 0.717) is 6.54 Å². The lowest BCUT2D eigenvalue weighted by Crippen LogP contribution is -2.22. The molecule has 0 heterocycles. The van der Waals surface area contributed by atoms with Crippen LogP contribution in [0.3, 0.4) is 0 Å². The van der Waals surface area contributed by atoms with E-state index in [1.165, 1.54) is 12.1 Å². The molecule has 1 aliphatic carbocycles. The maximum Gasteiger partial charge on any atom is 0.0410 e. The van der Waals surface area contributed by atoms with Crippen LogP contribution < -0.4 is 10.6 Å². The lowest BCUT2D eigenvalue weighted by Gasteiger charge is -2.22. The molecule has 0 spiro atoms. The van der Waals surface area contributed by atoms with Gasteiger partial charge in [-0.25, -0.2) is 0 Å². The van der Waals surface area contributed by atoms with E-state index in [2.05, 4.69) is 24.9 Å². The zero-order valence-corrected chi connectivity index (χ0v) is 10.7. The molecule has 0 bridgehead atoms. The molecule has 1 aromatic carbocycles. The number of halogens is 1. The quantitative estimate of drug-likeness (QED) is 0.874. The van der Waals surface area contributed by atoms with Crippen molar-refractivity contribution in [1.29, 1.82) is 0 Å². The second-order valence-electron chi connectivity index (χ2n) is 4.83. The van der Waals surface area contributed by atoms with Crippen LogP contribution in [0.15, 0.2) is 18.2 Å². The third-order valence-corrected chi connectivity index (χ3v) is 3.69. The Morgan fingerprint density at radius 1 is 1.50 bits per heavy atom. The minimum absolute atomic E-state index is 0.542. The minimum atomic E-state index is 0.542. The third-order valence-electron chi connectivity index (χ3n) is 3.46. The highest BCUT2D eigenvalue weighted by Crippen LogP contribution is 2.39. The summed E-state index contributed by atoms with van der Waals surface area (Å²) in [6, 6.07) is 5.96. The predicted octanol–water partition coefficient (Wildman–Crippen LogP) is 2.89. The average Bonchev–Trinajstić information content (AvgIpc) is 2.93. The molecule has 3 heteroatoms. The zero-order chi connectivity index (χ0) is 11.7. The van der Waals surface area contributed by atoms with Crippen molar-refractivity contribution in [2.24, 2.45) is 17.6 Å². The van der Waals surface area contributed by atoms with Crippen molar-refractivity contribution >= 4 is 17.3 Å². The van der Waals surface area contributed by atoms with E-state index < -0.39 is 0 Å². The molecule has 2 rings (SSSR count). The Labute approximate surface area is 102 Å². The topological polar surface area (TPSA) is 29.3 Å². The Kier molecular flexibility index (Phi) is 3.41. The summed E-state index contributed by atoms with van der Waals surface area (Å²) in [6.07, 6.45) is 1.36. The van der Waals surface area contributed by atoms with E-state index in [9.17, 15) is 0 Å². The first kappa shape index (κ1) is 11.7. The van der Waals surface area contributed by atoms with Gasteiger partial charge < -0.3 is 10.6 Å². The monoisotopic (exact) mass is 238 g/mol. The summed E-state index contributed by atoms with van der Waals surface area (Å²) in [7, 11) is 2.13. The van der Waals surface area contributed by atoms with Gasteiger partial charge in [-0.05, 0) is 42.0 Å². The largest absolute Gasteiger partial charge is 0.374 e. The van der Waals surface area contributed by atoms with Gasteiger partial charge in [0.2, 0.25) is 0 Å². The van der Waals surface area contributed by atoms with Gasteiger partial charge in [-0.15, -0.1) is 0 Å². The molecule has 0 saturated heterocycles. The zero-order valence-electron chi connectivity index (χ0n) is 9.91. The van der Waals surface area contributed by atoms with Crippen LogP contribution in [0.1, 0.15) is 18.9 Å². The van der Waals surface area contributed by atoms with E-state index in [1.807, 2.05) is 12.1 Å². The maximum atomic E-state index is 5.97. The normalized spacial score (nSPS) is 23.2. The molecule has 88 valence electrons. The number of hydrogen-bond acceptors (Lipinski definition) is 2. The van der Waals surface area contributed by atoms with Gasteiger partial charge in [0.05, 0.1) is 0 Å². The number of benzene rings is 1. The fourth-order valence-electron chi connectivity index (χ4n) is 2.19. The van der Waals surface area contributed by atoms with E-state index in [-0.39, 0.29) is 0 Å². The van der Waals surface area contributed by atoms with E-state index in [0.717, 1.165) is 29.0 Å². The summed E-state index contributed by atoms with van der Waals surface area (Å²) in [5, 5.41) is 0.761. The van der Waals surface area contributed by atoms with Crippen molar-refractivity contribution in [3.8, 4) is 0 Å². The van der Waals surface area contributed by atoms with Gasteiger partial charge in [-0.1, -0.05) is 18.5 Å². The summed E-state index contributed by atoms with van der Waals surface area (Å²) < 4.78 is 0. The molecule has 0 aromatic heterocycles. The molecule has 2 N–H and O–H groups in total. The van der Waals surface area contributed by atoms with Gasteiger partial charge >= 0.3 is 0 Å². The lowest BCUT2D eigenvalue weighted by atomic mass is 10.1. The van der Waals surface area contributed by atoms with Crippen molar-refractivity contribution in [2.45, 2.75) is 19.9 Å². The van der Waals surface area contributed by atoms with Gasteiger partial charge in [-0.3, -0.25) is 0 Å². The third kappa shape index (κ3) is 2.50. The highest BCUT2D eigenvalue weighted by molar-refractivity contribution is 6.30. The van der Waals surface area contributed by atoms with Crippen LogP contribution >= 0.6 is 11.6 Å². The first-order valence-electron chi connectivity index (χ1n) is 5.81. The van der Waals surface area contributed by atoms with Crippen LogP contribution in [0, 0.1) is 11.8 Å². The highest BCUT2D eigenvalue weighted by Gasteiger charge is 2.33. The van der Waals surface area contributed by atoms with Gasteiger partial charge in [-0.2, -0.15) is 0 Å². The molecule has 2 unspecified atom stereocenters. The van der Waals surface area contributed by atoms with Gasteiger partial charge in [0.1, 0.15) is 0 Å². The summed E-state index contributed by atoms with van der Waals surface area (Å²) in [4.78, 5) is 2.30. The van der Waals surface area contributed by atoms with Crippen molar-refractivity contribution in [2.75, 3.05) is 18.5 Å². The molecule has 1 saturated carbocycles. The van der Waals surface area contributed by atoms with E-state index in [4.69, 9.17) is 17.3 Å². The standard InChI is InChI=1S/C13H19ClN2/c1-9-5-11(9)8-16(2)13-4-3-12(14)6-10(13)7-15/h3-4,6,9,11H,5,7-8,15H2,1-2H3. The van der Waals surface area contributed by atoms with E-state index in [1.54, 1.807) is 0 Å². The van der Waals surface area contributed by atoms with Crippen LogP contribution in [0.2, 0.25) is 5.02 Å². The Morgan fingerprint density at radius 3 is 2.75 bits per heavy atom. The Morgan fingerprint density at radius 2 is 2.19 bits per heavy atom. The molecule has 1 fully saturated rings. The summed E-state index contributed by atoms with van der Waals surface area (Å²) in [5.41, 5.74) is 8.09. The second kappa shape index (κ2) is 4.64. The summed E-state index contributed by atoms with van der Waals surface area (Å²) >= 11 is 5.97. The molecule has 16 heavy (non-hydrogen) atoms. The Balaban J connectivity index is 2.12. The number of anilines is 1. The van der Waals surface area contributed by atoms with Crippen LogP contribution in [0.4, 0.5) is 5.69 Å². The number of nitrogens with zero attached hydrogens (tertiary/aromatic N) is 1. The molecular formula is C13H19ClN2. The lowest BCUT2D eigenvalue weighted by molar-refractivity contribution is 0.723. The maximum absolute atomic E-state index is 5.97. The Bertz CT molecular complexity index is 378. The summed E-state index contributed by atoms with van der Waals surface area (Å²) in [6.45, 7) is 3.97. The molecule has 1 aliphatic rings. The van der Waals surface area contributed by atoms with E-state index >= 15 is 0 Å². The average molecular weight is 239 g/mol. The molecule has 2 atom stereocenters. The van der Waals surface area contributed by atoms with Crippen LogP contribution in [-0.4, -0.2) is 13.6 Å². The molecule has 1 aromatic rings. The predicted molar refractivity (Wildman–Crippen MR) is 69.9 cm³/mol. The Hall–Kier alpha value is -0.730. The molecule has 0 radical (unpaired) electrons. The number of nitrogens with two attached hydrogens (primary N) is 1. The molecule has 0 aliphatic heterocycles. The van der Waals surface area contributed by atoms with Crippen molar-refractivity contribution in [1.82, 2.24) is 0 Å². The highest BCUT2D eigenvalue weighted by atomic mass is 35.5. The van der Waals surface area contributed by atoms with Crippen LogP contribution in [-0.2, 0) is 6.54 Å². The fourth-order valence-corrected chi connectivity index (χ4v) is 2.39. The first-order valence-corrected chi connectivity index (χ1v) is 6.19. The van der Waals surface area contributed by atoms with Crippen molar-refractivity contribution in [3.05, 3.63) is 28.8 Å². The fraction of sp³-hybridized carbons (Fsp3) is 0.538. The molecular weight excluding hydrogens is 220 g/mol. The number of hydrogen-bond donors (Lipinski definition) is 1. The molecule has 2 nitrogen and oxygen atoms in total. The van der Waals surface area contributed by atoms with Gasteiger partial charge in [0.25, 0.3) is 0 Å². The summed E-state index contributed by atoms with van der Waals surface area (Å²) in [5.74, 6) is 1.74. The molecule has 0 amide bonds. The first-order chi connectivity index (χ1) is 7.61. The van der Waals surface area contributed by atoms with Crippen molar-refractivity contribution in [3.63, 3.8) is 0 Å². The van der Waals surface area contributed by atoms with Crippen LogP contribution in [0.5, 0.6) is 0 Å². The van der Waals surface area contributed by atoms with Crippen LogP contribution in [0.25, 0.3) is 0 Å². The van der Waals surface area contributed by atoms with Gasteiger partial charge in [0.15, 0.2) is 0 Å². The SMILES string of the molecule is CC1CC1CN(C)c1ccc(Cl)cc1CN. The second-order valence-corrected chi connectivity index (χ2v) is 5.27.